The molecule has 7 heteroatoms. The number of nitrogens with zero attached hydrogens (tertiary/aromatic N) is 1. The van der Waals surface area contributed by atoms with Gasteiger partial charge in [0, 0.05) is 0 Å². The molecule has 100 valence electrons. The second-order valence-electron chi connectivity index (χ2n) is 4.25. The zero-order valence-electron chi connectivity index (χ0n) is 10.6. The summed E-state index contributed by atoms with van der Waals surface area (Å²) in [5.74, 6) is -1.32. The summed E-state index contributed by atoms with van der Waals surface area (Å²) >= 11 is 0. The number of carboxylic acids is 1. The van der Waals surface area contributed by atoms with Gasteiger partial charge in [-0.15, -0.1) is 0 Å². The number of oxazole rings is 1. The van der Waals surface area contributed by atoms with Crippen LogP contribution in [0, 0.1) is 12.8 Å². The number of nitrogens with two attached hydrogens (primary N) is 1. The number of rotatable bonds is 5. The van der Waals surface area contributed by atoms with Crippen molar-refractivity contribution in [1.82, 2.24) is 10.3 Å². The maximum absolute atomic E-state index is 11.9. The molecule has 0 aliphatic rings. The minimum atomic E-state index is -1.08. The van der Waals surface area contributed by atoms with Crippen LogP contribution in [0.25, 0.3) is 0 Å². The number of carbonyl (C=O) groups excluding carboxylic acids is 1. The van der Waals surface area contributed by atoms with E-state index in [0.29, 0.717) is 5.76 Å². The molecule has 0 saturated carbocycles. The number of carboxylic acid groups (broad SMARTS) is 1. The van der Waals surface area contributed by atoms with Crippen LogP contribution in [0.5, 0.6) is 0 Å². The van der Waals surface area contributed by atoms with E-state index in [1.165, 1.54) is 0 Å². The fraction of sp³-hybridized carbons (Fsp3) is 0.545. The van der Waals surface area contributed by atoms with Gasteiger partial charge in [0.1, 0.15) is 11.8 Å². The summed E-state index contributed by atoms with van der Waals surface area (Å²) in [6.07, 6.45) is 0. The molecule has 0 spiro atoms. The molecule has 4 N–H and O–H groups in total. The van der Waals surface area contributed by atoms with Gasteiger partial charge in [-0.25, -0.2) is 9.78 Å². The topological polar surface area (TPSA) is 118 Å². The molecule has 0 radical (unpaired) electrons. The largest absolute Gasteiger partial charge is 0.480 e. The lowest BCUT2D eigenvalue weighted by Crippen LogP contribution is -2.44. The Morgan fingerprint density at radius 1 is 1.50 bits per heavy atom. The first-order valence-corrected chi connectivity index (χ1v) is 5.56. The van der Waals surface area contributed by atoms with Gasteiger partial charge in [0.25, 0.3) is 5.91 Å². The van der Waals surface area contributed by atoms with Crippen molar-refractivity contribution in [3.8, 4) is 0 Å². The minimum Gasteiger partial charge on any atom is -0.480 e. The van der Waals surface area contributed by atoms with Gasteiger partial charge in [-0.1, -0.05) is 13.8 Å². The van der Waals surface area contributed by atoms with Gasteiger partial charge >= 0.3 is 5.97 Å². The van der Waals surface area contributed by atoms with E-state index in [1.54, 1.807) is 20.8 Å². The lowest BCUT2D eigenvalue weighted by molar-refractivity contribution is -0.140. The fourth-order valence-corrected chi connectivity index (χ4v) is 1.47. The molecule has 0 aliphatic heterocycles. The summed E-state index contributed by atoms with van der Waals surface area (Å²) < 4.78 is 5.14. The maximum Gasteiger partial charge on any atom is 0.326 e. The number of aromatic nitrogens is 1. The van der Waals surface area contributed by atoms with Gasteiger partial charge < -0.3 is 20.6 Å². The minimum absolute atomic E-state index is 0.0716. The van der Waals surface area contributed by atoms with Crippen molar-refractivity contribution in [3.63, 3.8) is 0 Å². The van der Waals surface area contributed by atoms with Crippen LogP contribution in [-0.4, -0.2) is 28.0 Å². The van der Waals surface area contributed by atoms with Gasteiger partial charge in [-0.3, -0.25) is 4.79 Å². The Morgan fingerprint density at radius 2 is 2.11 bits per heavy atom. The van der Waals surface area contributed by atoms with Gasteiger partial charge in [0.2, 0.25) is 5.89 Å². The Kier molecular flexibility index (Phi) is 4.43. The molecule has 7 nitrogen and oxygen atoms in total. The second kappa shape index (κ2) is 5.63. The van der Waals surface area contributed by atoms with Gasteiger partial charge in [-0.2, -0.15) is 0 Å². The number of amides is 1. The number of hydrogen-bond donors (Lipinski definition) is 3. The van der Waals surface area contributed by atoms with E-state index in [0.717, 1.165) is 0 Å². The highest BCUT2D eigenvalue weighted by Crippen LogP contribution is 2.11. The molecule has 0 aliphatic carbocycles. The fourth-order valence-electron chi connectivity index (χ4n) is 1.47. The first-order chi connectivity index (χ1) is 8.36. The molecule has 18 heavy (non-hydrogen) atoms. The van der Waals surface area contributed by atoms with Crippen LogP contribution in [0.15, 0.2) is 4.42 Å². The van der Waals surface area contributed by atoms with E-state index < -0.39 is 17.9 Å². The molecule has 0 bridgehead atoms. The van der Waals surface area contributed by atoms with Crippen LogP contribution in [0.4, 0.5) is 0 Å². The Hall–Kier alpha value is -1.89. The lowest BCUT2D eigenvalue weighted by atomic mass is 10.0. The first-order valence-electron chi connectivity index (χ1n) is 5.56. The molecule has 1 heterocycles. The Labute approximate surface area is 104 Å². The van der Waals surface area contributed by atoms with Crippen LogP contribution < -0.4 is 11.1 Å². The van der Waals surface area contributed by atoms with Crippen molar-refractivity contribution in [3.05, 3.63) is 17.3 Å². The number of aryl methyl sites for hydroxylation is 1. The number of nitrogens with one attached hydrogen (secondary N) is 1. The average molecular weight is 255 g/mol. The summed E-state index contributed by atoms with van der Waals surface area (Å²) in [5, 5.41) is 11.4. The van der Waals surface area contributed by atoms with Crippen molar-refractivity contribution < 1.29 is 19.1 Å². The molecule has 1 atom stereocenters. The second-order valence-corrected chi connectivity index (χ2v) is 4.25. The van der Waals surface area contributed by atoms with E-state index in [1.807, 2.05) is 0 Å². The number of carbonyl (C=O) groups is 2. The van der Waals surface area contributed by atoms with Crippen LogP contribution in [0.3, 0.4) is 0 Å². The molecule has 1 aromatic rings. The van der Waals surface area contributed by atoms with Crippen LogP contribution in [0.1, 0.15) is 36.0 Å². The summed E-state index contributed by atoms with van der Waals surface area (Å²) in [4.78, 5) is 26.8. The molecular formula is C11H17N3O4. The van der Waals surface area contributed by atoms with Crippen LogP contribution >= 0.6 is 0 Å². The highest BCUT2D eigenvalue weighted by Gasteiger charge is 2.26. The third kappa shape index (κ3) is 3.07. The summed E-state index contributed by atoms with van der Waals surface area (Å²) in [6, 6.07) is -0.963. The van der Waals surface area contributed by atoms with E-state index in [-0.39, 0.29) is 24.0 Å². The van der Waals surface area contributed by atoms with Crippen LogP contribution in [-0.2, 0) is 11.3 Å². The number of aliphatic carboxylic acids is 1. The highest BCUT2D eigenvalue weighted by atomic mass is 16.4. The number of hydrogen-bond acceptors (Lipinski definition) is 5. The maximum atomic E-state index is 11.9. The highest BCUT2D eigenvalue weighted by molar-refractivity contribution is 5.95. The van der Waals surface area contributed by atoms with Crippen molar-refractivity contribution in [2.24, 2.45) is 11.7 Å². The Morgan fingerprint density at radius 3 is 2.50 bits per heavy atom. The molecular weight excluding hydrogens is 238 g/mol. The van der Waals surface area contributed by atoms with Gasteiger partial charge in [-0.05, 0) is 12.8 Å². The SMILES string of the molecule is Cc1oc(CN)nc1C(=O)N[C@H](C(=O)O)C(C)C. The predicted molar refractivity (Wildman–Crippen MR) is 62.9 cm³/mol. The monoisotopic (exact) mass is 255 g/mol. The van der Waals surface area contributed by atoms with Crippen molar-refractivity contribution in [2.45, 2.75) is 33.4 Å². The third-order valence-corrected chi connectivity index (χ3v) is 2.45. The lowest BCUT2D eigenvalue weighted by Gasteiger charge is -2.17. The van der Waals surface area contributed by atoms with Gasteiger partial charge in [0.15, 0.2) is 5.69 Å². The smallest absolute Gasteiger partial charge is 0.326 e. The zero-order chi connectivity index (χ0) is 13.9. The summed E-state index contributed by atoms with van der Waals surface area (Å²) in [7, 11) is 0. The zero-order valence-corrected chi connectivity index (χ0v) is 10.6. The normalized spacial score (nSPS) is 12.5. The van der Waals surface area contributed by atoms with E-state index in [2.05, 4.69) is 10.3 Å². The third-order valence-electron chi connectivity index (χ3n) is 2.45. The van der Waals surface area contributed by atoms with Crippen molar-refractivity contribution in [2.75, 3.05) is 0 Å². The summed E-state index contributed by atoms with van der Waals surface area (Å²) in [6.45, 7) is 5.08. The molecule has 0 saturated heterocycles. The standard InChI is InChI=1S/C11H17N3O4/c1-5(2)8(11(16)17)14-10(15)9-6(3)18-7(4-12)13-9/h5,8H,4,12H2,1-3H3,(H,14,15)(H,16,17)/t8-/m0/s1. The van der Waals surface area contributed by atoms with Crippen LogP contribution in [0.2, 0.25) is 0 Å². The van der Waals surface area contributed by atoms with Gasteiger partial charge in [0.05, 0.1) is 6.54 Å². The van der Waals surface area contributed by atoms with Crippen molar-refractivity contribution in [1.29, 1.82) is 0 Å². The molecule has 1 amide bonds. The Bertz CT molecular complexity index is 453. The summed E-state index contributed by atoms with van der Waals surface area (Å²) in [5.41, 5.74) is 5.42. The Balaban J connectivity index is 2.87. The van der Waals surface area contributed by atoms with Crippen molar-refractivity contribution >= 4 is 11.9 Å². The molecule has 1 rings (SSSR count). The van der Waals surface area contributed by atoms with E-state index >= 15 is 0 Å². The average Bonchev–Trinajstić information content (AvgIpc) is 2.66. The van der Waals surface area contributed by atoms with E-state index in [4.69, 9.17) is 15.3 Å². The molecule has 0 aromatic carbocycles. The quantitative estimate of drug-likeness (QED) is 0.695. The first kappa shape index (κ1) is 14.2. The molecule has 0 unspecified atom stereocenters. The predicted octanol–water partition coefficient (Wildman–Crippen LogP) is 0.281. The van der Waals surface area contributed by atoms with E-state index in [9.17, 15) is 9.59 Å². The molecule has 1 aromatic heterocycles. The molecule has 0 fully saturated rings.